The summed E-state index contributed by atoms with van der Waals surface area (Å²) in [6.07, 6.45) is 1.99. The molecule has 19 heavy (non-hydrogen) atoms. The normalized spacial score (nSPS) is 10.7. The average Bonchev–Trinajstić information content (AvgIpc) is 2.46. The number of benzene rings is 2. The third-order valence-corrected chi connectivity index (χ3v) is 3.99. The van der Waals surface area contributed by atoms with Gasteiger partial charge >= 0.3 is 0 Å². The molecule has 1 nitrogen and oxygen atoms in total. The molecule has 2 aromatic rings. The highest BCUT2D eigenvalue weighted by molar-refractivity contribution is 7.98. The summed E-state index contributed by atoms with van der Waals surface area (Å²) >= 11 is 1.61. The highest BCUT2D eigenvalue weighted by Crippen LogP contribution is 2.23. The summed E-state index contributed by atoms with van der Waals surface area (Å²) in [5, 5.41) is 0. The van der Waals surface area contributed by atoms with Crippen LogP contribution >= 0.6 is 11.8 Å². The molecule has 0 spiro atoms. The molecule has 0 heterocycles. The van der Waals surface area contributed by atoms with Crippen molar-refractivity contribution in [1.82, 2.24) is 0 Å². The van der Waals surface area contributed by atoms with Gasteiger partial charge in [0, 0.05) is 16.0 Å². The Bertz CT molecular complexity index is 570. The standard InChI is InChI=1S/C17H18OS/c1-12(2)13-8-10-14(11-9-13)17(18)15-6-4-5-7-16(15)19-3/h4-12H,1-3H3. The number of carbonyl (C=O) groups excluding carboxylic acids is 1. The van der Waals surface area contributed by atoms with Crippen LogP contribution in [0.1, 0.15) is 41.3 Å². The summed E-state index contributed by atoms with van der Waals surface area (Å²) in [7, 11) is 0. The molecule has 0 unspecified atom stereocenters. The van der Waals surface area contributed by atoms with Crippen molar-refractivity contribution in [2.24, 2.45) is 0 Å². The van der Waals surface area contributed by atoms with Crippen molar-refractivity contribution >= 4 is 17.5 Å². The van der Waals surface area contributed by atoms with Crippen LogP contribution in [0.4, 0.5) is 0 Å². The molecule has 0 saturated carbocycles. The highest BCUT2D eigenvalue weighted by atomic mass is 32.2. The van der Waals surface area contributed by atoms with Crippen LogP contribution in [0, 0.1) is 0 Å². The van der Waals surface area contributed by atoms with Crippen LogP contribution in [0.3, 0.4) is 0 Å². The molecular formula is C17H18OS. The lowest BCUT2D eigenvalue weighted by atomic mass is 9.98. The van der Waals surface area contributed by atoms with Crippen molar-refractivity contribution < 1.29 is 4.79 Å². The molecule has 0 aromatic heterocycles. The summed E-state index contributed by atoms with van der Waals surface area (Å²) in [5.74, 6) is 0.586. The van der Waals surface area contributed by atoms with Gasteiger partial charge in [0.25, 0.3) is 0 Å². The zero-order valence-electron chi connectivity index (χ0n) is 11.5. The van der Waals surface area contributed by atoms with Gasteiger partial charge in [0.1, 0.15) is 0 Å². The van der Waals surface area contributed by atoms with Gasteiger partial charge in [0.2, 0.25) is 0 Å². The van der Waals surface area contributed by atoms with Gasteiger partial charge in [-0.3, -0.25) is 4.79 Å². The Morgan fingerprint density at radius 2 is 1.63 bits per heavy atom. The molecule has 0 atom stereocenters. The molecule has 0 fully saturated rings. The van der Waals surface area contributed by atoms with E-state index in [1.807, 2.05) is 54.8 Å². The highest BCUT2D eigenvalue weighted by Gasteiger charge is 2.12. The van der Waals surface area contributed by atoms with E-state index in [2.05, 4.69) is 13.8 Å². The van der Waals surface area contributed by atoms with Gasteiger partial charge < -0.3 is 0 Å². The van der Waals surface area contributed by atoms with Crippen LogP contribution in [-0.2, 0) is 0 Å². The molecule has 0 aliphatic heterocycles. The minimum absolute atomic E-state index is 0.0975. The van der Waals surface area contributed by atoms with E-state index in [9.17, 15) is 4.79 Å². The van der Waals surface area contributed by atoms with Gasteiger partial charge in [0.15, 0.2) is 5.78 Å². The first kappa shape index (κ1) is 13.9. The first-order valence-corrected chi connectivity index (χ1v) is 7.63. The lowest BCUT2D eigenvalue weighted by Gasteiger charge is -2.08. The molecule has 98 valence electrons. The fourth-order valence-electron chi connectivity index (χ4n) is 2.01. The molecule has 0 N–H and O–H groups in total. The smallest absolute Gasteiger partial charge is 0.194 e. The monoisotopic (exact) mass is 270 g/mol. The Kier molecular flexibility index (Phi) is 4.43. The Labute approximate surface area is 119 Å². The minimum atomic E-state index is 0.0975. The van der Waals surface area contributed by atoms with Crippen LogP contribution < -0.4 is 0 Å². The lowest BCUT2D eigenvalue weighted by molar-refractivity contribution is 0.103. The van der Waals surface area contributed by atoms with E-state index >= 15 is 0 Å². The van der Waals surface area contributed by atoms with Crippen LogP contribution in [0.25, 0.3) is 0 Å². The summed E-state index contributed by atoms with van der Waals surface area (Å²) in [4.78, 5) is 13.5. The Morgan fingerprint density at radius 3 is 2.21 bits per heavy atom. The summed E-state index contributed by atoms with van der Waals surface area (Å²) in [6, 6.07) is 15.7. The zero-order valence-corrected chi connectivity index (χ0v) is 12.3. The van der Waals surface area contributed by atoms with Crippen molar-refractivity contribution in [2.45, 2.75) is 24.7 Å². The summed E-state index contributed by atoms with van der Waals surface area (Å²) in [5.41, 5.74) is 2.80. The van der Waals surface area contributed by atoms with Gasteiger partial charge in [-0.15, -0.1) is 11.8 Å². The molecule has 0 aliphatic rings. The molecule has 0 amide bonds. The second kappa shape index (κ2) is 6.07. The van der Waals surface area contributed by atoms with Crippen molar-refractivity contribution in [1.29, 1.82) is 0 Å². The van der Waals surface area contributed by atoms with Crippen molar-refractivity contribution in [2.75, 3.05) is 6.26 Å². The minimum Gasteiger partial charge on any atom is -0.289 e. The predicted molar refractivity (Wildman–Crippen MR) is 82.2 cm³/mol. The van der Waals surface area contributed by atoms with Crippen molar-refractivity contribution in [3.05, 3.63) is 65.2 Å². The Morgan fingerprint density at radius 1 is 1.00 bits per heavy atom. The molecule has 0 radical (unpaired) electrons. The van der Waals surface area contributed by atoms with Gasteiger partial charge in [-0.1, -0.05) is 50.2 Å². The predicted octanol–water partition coefficient (Wildman–Crippen LogP) is 4.76. The quantitative estimate of drug-likeness (QED) is 0.588. The fourth-order valence-corrected chi connectivity index (χ4v) is 2.60. The zero-order chi connectivity index (χ0) is 13.8. The number of hydrogen-bond donors (Lipinski definition) is 0. The number of carbonyl (C=O) groups is 1. The third kappa shape index (κ3) is 3.07. The second-order valence-corrected chi connectivity index (χ2v) is 5.65. The fraction of sp³-hybridized carbons (Fsp3) is 0.235. The van der Waals surface area contributed by atoms with E-state index in [-0.39, 0.29) is 5.78 Å². The molecule has 0 aliphatic carbocycles. The van der Waals surface area contributed by atoms with Crippen molar-refractivity contribution in [3.63, 3.8) is 0 Å². The van der Waals surface area contributed by atoms with Gasteiger partial charge in [-0.25, -0.2) is 0 Å². The Balaban J connectivity index is 2.33. The van der Waals surface area contributed by atoms with E-state index < -0.39 is 0 Å². The number of ketones is 1. The topological polar surface area (TPSA) is 17.1 Å². The van der Waals surface area contributed by atoms with Gasteiger partial charge in [-0.05, 0) is 29.9 Å². The van der Waals surface area contributed by atoms with E-state index in [1.54, 1.807) is 11.8 Å². The average molecular weight is 270 g/mol. The molecule has 2 rings (SSSR count). The summed E-state index contributed by atoms with van der Waals surface area (Å²) < 4.78 is 0. The maximum Gasteiger partial charge on any atom is 0.194 e. The maximum absolute atomic E-state index is 12.5. The lowest BCUT2D eigenvalue weighted by Crippen LogP contribution is -2.03. The van der Waals surface area contributed by atoms with E-state index in [1.165, 1.54) is 5.56 Å². The van der Waals surface area contributed by atoms with Crippen LogP contribution in [0.5, 0.6) is 0 Å². The Hall–Kier alpha value is -1.54. The molecule has 2 aromatic carbocycles. The van der Waals surface area contributed by atoms with Crippen LogP contribution in [-0.4, -0.2) is 12.0 Å². The first-order valence-electron chi connectivity index (χ1n) is 6.41. The van der Waals surface area contributed by atoms with Crippen LogP contribution in [0.15, 0.2) is 53.4 Å². The SMILES string of the molecule is CSc1ccccc1C(=O)c1ccc(C(C)C)cc1. The molecule has 0 saturated heterocycles. The first-order chi connectivity index (χ1) is 9.13. The van der Waals surface area contributed by atoms with Gasteiger partial charge in [-0.2, -0.15) is 0 Å². The largest absolute Gasteiger partial charge is 0.289 e. The number of thioether (sulfide) groups is 1. The molecular weight excluding hydrogens is 252 g/mol. The van der Waals surface area contributed by atoms with Crippen LogP contribution in [0.2, 0.25) is 0 Å². The summed E-state index contributed by atoms with van der Waals surface area (Å²) in [6.45, 7) is 4.31. The van der Waals surface area contributed by atoms with E-state index in [0.29, 0.717) is 5.92 Å². The number of hydrogen-bond acceptors (Lipinski definition) is 2. The second-order valence-electron chi connectivity index (χ2n) is 4.81. The molecule has 0 bridgehead atoms. The van der Waals surface area contributed by atoms with E-state index in [0.717, 1.165) is 16.0 Å². The molecule has 2 heteroatoms. The maximum atomic E-state index is 12.5. The van der Waals surface area contributed by atoms with Gasteiger partial charge in [0.05, 0.1) is 0 Å². The number of rotatable bonds is 4. The third-order valence-electron chi connectivity index (χ3n) is 3.19. The van der Waals surface area contributed by atoms with Crippen molar-refractivity contribution in [3.8, 4) is 0 Å². The van der Waals surface area contributed by atoms with E-state index in [4.69, 9.17) is 0 Å².